The lowest BCUT2D eigenvalue weighted by Gasteiger charge is -2.19. The highest BCUT2D eigenvalue weighted by Gasteiger charge is 2.20. The summed E-state index contributed by atoms with van der Waals surface area (Å²) in [7, 11) is -2.16. The van der Waals surface area contributed by atoms with Crippen molar-refractivity contribution in [2.45, 2.75) is 32.1 Å². The Morgan fingerprint density at radius 1 is 1.38 bits per heavy atom. The molecule has 0 aliphatic heterocycles. The number of nitrogens with two attached hydrogens (primary N) is 1. The molecule has 0 aromatic heterocycles. The summed E-state index contributed by atoms with van der Waals surface area (Å²) in [6.07, 6.45) is 0.886. The smallest absolute Gasteiger partial charge is 0.253 e. The van der Waals surface area contributed by atoms with E-state index < -0.39 is 10.0 Å². The van der Waals surface area contributed by atoms with E-state index in [2.05, 4.69) is 29.8 Å². The number of halogens is 1. The Balaban J connectivity index is 3.14. The Morgan fingerprint density at radius 2 is 1.95 bits per heavy atom. The van der Waals surface area contributed by atoms with Crippen LogP contribution in [0.1, 0.15) is 36.2 Å². The predicted octanol–water partition coefficient (Wildman–Crippen LogP) is 2.52. The zero-order valence-electron chi connectivity index (χ0n) is 12.7. The maximum absolute atomic E-state index is 12.4. The van der Waals surface area contributed by atoms with E-state index in [4.69, 9.17) is 5.14 Å². The molecule has 0 fully saturated rings. The van der Waals surface area contributed by atoms with Gasteiger partial charge in [0, 0.05) is 23.6 Å². The minimum Gasteiger partial charge on any atom is -0.342 e. The van der Waals surface area contributed by atoms with Crippen LogP contribution in [0.2, 0.25) is 0 Å². The van der Waals surface area contributed by atoms with E-state index in [0.717, 1.165) is 6.42 Å². The molecule has 0 aliphatic carbocycles. The van der Waals surface area contributed by atoms with Crippen molar-refractivity contribution in [1.82, 2.24) is 4.90 Å². The SMILES string of the molecule is Cc1c(Br)cc(C(=O)N(C)CCC(C)C)cc1S(N)(=O)=O. The minimum absolute atomic E-state index is 0.0301. The van der Waals surface area contributed by atoms with Gasteiger partial charge in [-0.2, -0.15) is 0 Å². The maximum Gasteiger partial charge on any atom is 0.253 e. The van der Waals surface area contributed by atoms with Gasteiger partial charge in [-0.3, -0.25) is 4.79 Å². The Labute approximate surface area is 134 Å². The zero-order valence-corrected chi connectivity index (χ0v) is 15.1. The van der Waals surface area contributed by atoms with Gasteiger partial charge in [-0.05, 0) is 37.0 Å². The van der Waals surface area contributed by atoms with Crippen molar-refractivity contribution in [2.24, 2.45) is 11.1 Å². The predicted molar refractivity (Wildman–Crippen MR) is 86.7 cm³/mol. The molecule has 0 radical (unpaired) electrons. The molecular formula is C14H21BrN2O3S. The minimum atomic E-state index is -3.86. The number of hydrogen-bond donors (Lipinski definition) is 1. The zero-order chi connectivity index (χ0) is 16.4. The third-order valence-corrected chi connectivity index (χ3v) is 5.10. The topological polar surface area (TPSA) is 80.5 Å². The van der Waals surface area contributed by atoms with Gasteiger partial charge in [0.25, 0.3) is 5.91 Å². The number of nitrogens with zero attached hydrogens (tertiary/aromatic N) is 1. The summed E-state index contributed by atoms with van der Waals surface area (Å²) in [5, 5.41) is 5.20. The van der Waals surface area contributed by atoms with Crippen molar-refractivity contribution >= 4 is 31.9 Å². The van der Waals surface area contributed by atoms with Crippen LogP contribution in [0, 0.1) is 12.8 Å². The standard InChI is InChI=1S/C14H21BrN2O3S/c1-9(2)5-6-17(4)14(18)11-7-12(15)10(3)13(8-11)21(16,19)20/h7-9H,5-6H2,1-4H3,(H2,16,19,20). The fourth-order valence-electron chi connectivity index (χ4n) is 1.85. The van der Waals surface area contributed by atoms with Gasteiger partial charge in [0.1, 0.15) is 0 Å². The van der Waals surface area contributed by atoms with Crippen LogP contribution in [-0.2, 0) is 10.0 Å². The molecule has 1 rings (SSSR count). The Morgan fingerprint density at radius 3 is 2.43 bits per heavy atom. The van der Waals surface area contributed by atoms with Crippen molar-refractivity contribution in [3.8, 4) is 0 Å². The molecule has 1 aromatic rings. The lowest BCUT2D eigenvalue weighted by Crippen LogP contribution is -2.29. The van der Waals surface area contributed by atoms with Crippen LogP contribution in [0.15, 0.2) is 21.5 Å². The summed E-state index contributed by atoms with van der Waals surface area (Å²) < 4.78 is 23.7. The number of amides is 1. The molecule has 5 nitrogen and oxygen atoms in total. The third-order valence-electron chi connectivity index (χ3n) is 3.24. The fourth-order valence-corrected chi connectivity index (χ4v) is 3.27. The van der Waals surface area contributed by atoms with E-state index in [-0.39, 0.29) is 10.8 Å². The molecule has 118 valence electrons. The van der Waals surface area contributed by atoms with Gasteiger partial charge in [-0.15, -0.1) is 0 Å². The van der Waals surface area contributed by atoms with E-state index in [1.165, 1.54) is 6.07 Å². The van der Waals surface area contributed by atoms with Crippen LogP contribution in [0.4, 0.5) is 0 Å². The lowest BCUT2D eigenvalue weighted by molar-refractivity contribution is 0.0789. The van der Waals surface area contributed by atoms with Gasteiger partial charge in [0.2, 0.25) is 10.0 Å². The van der Waals surface area contributed by atoms with Crippen molar-refractivity contribution in [1.29, 1.82) is 0 Å². The van der Waals surface area contributed by atoms with Crippen LogP contribution >= 0.6 is 15.9 Å². The average molecular weight is 377 g/mol. The van der Waals surface area contributed by atoms with E-state index in [9.17, 15) is 13.2 Å². The van der Waals surface area contributed by atoms with Crippen LogP contribution in [0.5, 0.6) is 0 Å². The van der Waals surface area contributed by atoms with Crippen LogP contribution in [-0.4, -0.2) is 32.8 Å². The van der Waals surface area contributed by atoms with Crippen molar-refractivity contribution in [2.75, 3.05) is 13.6 Å². The second-order valence-corrected chi connectivity index (χ2v) is 7.92. The van der Waals surface area contributed by atoms with Gasteiger partial charge in [0.05, 0.1) is 4.90 Å². The number of carbonyl (C=O) groups excluding carboxylic acids is 1. The summed E-state index contributed by atoms with van der Waals surface area (Å²) in [4.78, 5) is 13.9. The van der Waals surface area contributed by atoms with Crippen LogP contribution in [0.3, 0.4) is 0 Å². The molecule has 1 amide bonds. The number of primary sulfonamides is 1. The molecular weight excluding hydrogens is 356 g/mol. The first-order valence-electron chi connectivity index (χ1n) is 6.62. The van der Waals surface area contributed by atoms with Crippen molar-refractivity contribution in [3.63, 3.8) is 0 Å². The number of carbonyl (C=O) groups is 1. The van der Waals surface area contributed by atoms with E-state index >= 15 is 0 Å². The van der Waals surface area contributed by atoms with E-state index in [1.54, 1.807) is 24.9 Å². The molecule has 0 aliphatic rings. The normalized spacial score (nSPS) is 11.8. The number of benzene rings is 1. The van der Waals surface area contributed by atoms with Crippen LogP contribution < -0.4 is 5.14 Å². The fraction of sp³-hybridized carbons (Fsp3) is 0.500. The van der Waals surface area contributed by atoms with Gasteiger partial charge in [0.15, 0.2) is 0 Å². The van der Waals surface area contributed by atoms with Gasteiger partial charge in [-0.25, -0.2) is 13.6 Å². The molecule has 7 heteroatoms. The largest absolute Gasteiger partial charge is 0.342 e. The first kappa shape index (κ1) is 18.1. The lowest BCUT2D eigenvalue weighted by atomic mass is 10.1. The summed E-state index contributed by atoms with van der Waals surface area (Å²) in [5.41, 5.74) is 0.807. The second kappa shape index (κ2) is 6.89. The summed E-state index contributed by atoms with van der Waals surface area (Å²) >= 11 is 3.28. The average Bonchev–Trinajstić information content (AvgIpc) is 2.36. The molecule has 0 spiro atoms. The highest BCUT2D eigenvalue weighted by molar-refractivity contribution is 9.10. The van der Waals surface area contributed by atoms with Gasteiger partial charge >= 0.3 is 0 Å². The highest BCUT2D eigenvalue weighted by Crippen LogP contribution is 2.25. The summed E-state index contributed by atoms with van der Waals surface area (Å²) in [6.45, 7) is 6.42. The molecule has 1 aromatic carbocycles. The van der Waals surface area contributed by atoms with E-state index in [0.29, 0.717) is 28.1 Å². The third kappa shape index (κ3) is 4.79. The molecule has 2 N–H and O–H groups in total. The molecule has 21 heavy (non-hydrogen) atoms. The number of rotatable bonds is 5. The quantitative estimate of drug-likeness (QED) is 0.856. The van der Waals surface area contributed by atoms with E-state index in [1.807, 2.05) is 0 Å². The Kier molecular flexibility index (Phi) is 5.95. The molecule has 0 saturated heterocycles. The molecule has 0 saturated carbocycles. The van der Waals surface area contributed by atoms with Gasteiger partial charge in [-0.1, -0.05) is 29.8 Å². The Bertz CT molecular complexity index is 642. The Hall–Kier alpha value is -0.920. The maximum atomic E-state index is 12.4. The second-order valence-electron chi connectivity index (χ2n) is 5.54. The number of sulfonamides is 1. The van der Waals surface area contributed by atoms with Crippen LogP contribution in [0.25, 0.3) is 0 Å². The first-order valence-corrected chi connectivity index (χ1v) is 8.96. The molecule has 0 unspecified atom stereocenters. The van der Waals surface area contributed by atoms with Gasteiger partial charge < -0.3 is 4.90 Å². The molecule has 0 heterocycles. The van der Waals surface area contributed by atoms with Crippen molar-refractivity contribution in [3.05, 3.63) is 27.7 Å². The highest BCUT2D eigenvalue weighted by atomic mass is 79.9. The van der Waals surface area contributed by atoms with Crippen molar-refractivity contribution < 1.29 is 13.2 Å². The monoisotopic (exact) mass is 376 g/mol. The first-order chi connectivity index (χ1) is 9.54. The summed E-state index contributed by atoms with van der Waals surface area (Å²) in [5.74, 6) is 0.270. The number of hydrogen-bond acceptors (Lipinski definition) is 3. The summed E-state index contributed by atoms with van der Waals surface area (Å²) in [6, 6.07) is 2.96. The molecule has 0 atom stereocenters. The molecule has 0 bridgehead atoms.